The minimum atomic E-state index is -4.94. The van der Waals surface area contributed by atoms with E-state index < -0.39 is 23.6 Å². The van der Waals surface area contributed by atoms with Gasteiger partial charge in [0.05, 0.1) is 12.7 Å². The number of hydrogen-bond acceptors (Lipinski definition) is 4. The molecule has 0 saturated heterocycles. The van der Waals surface area contributed by atoms with Crippen LogP contribution in [-0.2, 0) is 11.2 Å². The van der Waals surface area contributed by atoms with Gasteiger partial charge in [0, 0.05) is 0 Å². The van der Waals surface area contributed by atoms with Crippen LogP contribution in [0.1, 0.15) is 28.4 Å². The summed E-state index contributed by atoms with van der Waals surface area (Å²) in [5, 5.41) is 8.90. The van der Waals surface area contributed by atoms with Gasteiger partial charge in [-0.25, -0.2) is 4.79 Å². The van der Waals surface area contributed by atoms with Crippen molar-refractivity contribution in [1.82, 2.24) is 0 Å². The van der Waals surface area contributed by atoms with E-state index in [9.17, 15) is 18.0 Å². The molecule has 0 unspecified atom stereocenters. The summed E-state index contributed by atoms with van der Waals surface area (Å²) in [5.41, 5.74) is -0.316. The molecule has 1 aromatic carbocycles. The van der Waals surface area contributed by atoms with Gasteiger partial charge >= 0.3 is 12.3 Å². The second-order valence-electron chi connectivity index (χ2n) is 3.52. The molecule has 0 aliphatic carbocycles. The largest absolute Gasteiger partial charge is 0.573 e. The van der Waals surface area contributed by atoms with Crippen molar-refractivity contribution in [3.8, 4) is 11.8 Å². The van der Waals surface area contributed by atoms with Gasteiger partial charge in [0.15, 0.2) is 0 Å². The summed E-state index contributed by atoms with van der Waals surface area (Å²) in [4.78, 5) is 11.5. The van der Waals surface area contributed by atoms with Gasteiger partial charge in [-0.1, -0.05) is 6.92 Å². The summed E-state index contributed by atoms with van der Waals surface area (Å²) < 4.78 is 45.0. The number of ether oxygens (including phenoxy) is 2. The van der Waals surface area contributed by atoms with Crippen LogP contribution in [0.5, 0.6) is 5.75 Å². The highest BCUT2D eigenvalue weighted by molar-refractivity contribution is 5.93. The summed E-state index contributed by atoms with van der Waals surface area (Å²) >= 11 is 0. The molecule has 0 N–H and O–H groups in total. The van der Waals surface area contributed by atoms with E-state index in [1.165, 1.54) is 12.1 Å². The Kier molecular flexibility index (Phi) is 4.38. The van der Waals surface area contributed by atoms with Crippen LogP contribution < -0.4 is 4.74 Å². The van der Waals surface area contributed by atoms with Gasteiger partial charge < -0.3 is 9.47 Å². The Balaban J connectivity index is 3.44. The maximum Gasteiger partial charge on any atom is 0.573 e. The van der Waals surface area contributed by atoms with E-state index in [4.69, 9.17) is 5.26 Å². The average molecular weight is 273 g/mol. The summed E-state index contributed by atoms with van der Waals surface area (Å²) in [6.45, 7) is 1.69. The molecule has 0 amide bonds. The van der Waals surface area contributed by atoms with Crippen LogP contribution in [-0.4, -0.2) is 19.4 Å². The normalized spacial score (nSPS) is 10.7. The first kappa shape index (κ1) is 14.8. The molecular formula is C12H10F3NO3. The lowest BCUT2D eigenvalue weighted by atomic mass is 10.0. The fourth-order valence-corrected chi connectivity index (χ4v) is 1.47. The van der Waals surface area contributed by atoms with Crippen LogP contribution in [0.15, 0.2) is 12.1 Å². The predicted octanol–water partition coefficient (Wildman–Crippen LogP) is 2.81. The second-order valence-corrected chi connectivity index (χ2v) is 3.52. The number of halogens is 3. The number of carbonyl (C=O) groups is 1. The first-order valence-electron chi connectivity index (χ1n) is 5.23. The molecule has 0 spiro atoms. The zero-order valence-electron chi connectivity index (χ0n) is 10.2. The molecule has 7 heteroatoms. The molecule has 0 bridgehead atoms. The van der Waals surface area contributed by atoms with E-state index in [0.29, 0.717) is 12.0 Å². The maximum absolute atomic E-state index is 12.3. The van der Waals surface area contributed by atoms with Crippen molar-refractivity contribution in [3.63, 3.8) is 0 Å². The fourth-order valence-electron chi connectivity index (χ4n) is 1.47. The molecular weight excluding hydrogens is 263 g/mol. The Morgan fingerprint density at radius 1 is 1.42 bits per heavy atom. The van der Waals surface area contributed by atoms with Gasteiger partial charge in [0.2, 0.25) is 0 Å². The van der Waals surface area contributed by atoms with Crippen molar-refractivity contribution >= 4 is 5.97 Å². The fraction of sp³-hybridized carbons (Fsp3) is 0.333. The third-order valence-electron chi connectivity index (χ3n) is 2.31. The van der Waals surface area contributed by atoms with Crippen molar-refractivity contribution in [1.29, 1.82) is 5.26 Å². The Hall–Kier alpha value is -2.23. The Bertz CT molecular complexity index is 532. The number of rotatable bonds is 3. The highest BCUT2D eigenvalue weighted by atomic mass is 19.4. The zero-order valence-corrected chi connectivity index (χ0v) is 10.2. The molecule has 1 rings (SSSR count). The molecule has 0 radical (unpaired) electrons. The number of benzene rings is 1. The first-order chi connectivity index (χ1) is 8.82. The van der Waals surface area contributed by atoms with Crippen molar-refractivity contribution in [2.45, 2.75) is 19.7 Å². The van der Waals surface area contributed by atoms with Crippen LogP contribution in [0.3, 0.4) is 0 Å². The lowest BCUT2D eigenvalue weighted by molar-refractivity contribution is -0.274. The van der Waals surface area contributed by atoms with Crippen LogP contribution in [0.2, 0.25) is 0 Å². The van der Waals surface area contributed by atoms with Crippen molar-refractivity contribution in [2.24, 2.45) is 0 Å². The molecule has 19 heavy (non-hydrogen) atoms. The maximum atomic E-state index is 12.3. The Morgan fingerprint density at radius 3 is 2.47 bits per heavy atom. The minimum Gasteiger partial charge on any atom is -0.465 e. The molecule has 0 fully saturated rings. The van der Waals surface area contributed by atoms with Crippen molar-refractivity contribution < 1.29 is 27.4 Å². The van der Waals surface area contributed by atoms with Gasteiger partial charge in [0.25, 0.3) is 0 Å². The van der Waals surface area contributed by atoms with Crippen LogP contribution in [0.25, 0.3) is 0 Å². The zero-order chi connectivity index (χ0) is 14.6. The third kappa shape index (κ3) is 3.61. The summed E-state index contributed by atoms with van der Waals surface area (Å²) in [6.07, 6.45) is -4.56. The molecule has 1 aromatic rings. The van der Waals surface area contributed by atoms with E-state index in [2.05, 4.69) is 9.47 Å². The van der Waals surface area contributed by atoms with E-state index >= 15 is 0 Å². The number of nitrogens with zero attached hydrogens (tertiary/aromatic N) is 1. The standard InChI is InChI=1S/C12H10F3NO3/c1-3-7-4-8(11(17)18-2)9(6-16)10(5-7)19-12(13,14)15/h4-5H,3H2,1-2H3. The predicted molar refractivity (Wildman–Crippen MR) is 58.6 cm³/mol. The summed E-state index contributed by atoms with van der Waals surface area (Å²) in [6, 6.07) is 3.92. The van der Waals surface area contributed by atoms with Gasteiger partial charge in [-0.3, -0.25) is 0 Å². The summed E-state index contributed by atoms with van der Waals surface area (Å²) in [5.74, 6) is -1.59. The van der Waals surface area contributed by atoms with Gasteiger partial charge in [-0.2, -0.15) is 5.26 Å². The smallest absolute Gasteiger partial charge is 0.465 e. The lowest BCUT2D eigenvalue weighted by Crippen LogP contribution is -2.19. The van der Waals surface area contributed by atoms with E-state index in [0.717, 1.165) is 13.2 Å². The molecule has 0 aromatic heterocycles. The van der Waals surface area contributed by atoms with Gasteiger partial charge in [-0.15, -0.1) is 13.2 Å². The average Bonchev–Trinajstić information content (AvgIpc) is 2.34. The topological polar surface area (TPSA) is 59.3 Å². The number of esters is 1. The molecule has 0 aliphatic rings. The number of hydrogen-bond donors (Lipinski definition) is 0. The number of methoxy groups -OCH3 is 1. The van der Waals surface area contributed by atoms with Crippen molar-refractivity contribution in [3.05, 3.63) is 28.8 Å². The summed E-state index contributed by atoms with van der Waals surface area (Å²) in [7, 11) is 1.08. The van der Waals surface area contributed by atoms with E-state index in [-0.39, 0.29) is 5.56 Å². The second kappa shape index (κ2) is 5.61. The quantitative estimate of drug-likeness (QED) is 0.794. The van der Waals surface area contributed by atoms with Gasteiger partial charge in [-0.05, 0) is 24.1 Å². The highest BCUT2D eigenvalue weighted by Gasteiger charge is 2.33. The molecule has 0 heterocycles. The van der Waals surface area contributed by atoms with Crippen LogP contribution in [0, 0.1) is 11.3 Å². The molecule has 0 saturated carbocycles. The number of nitriles is 1. The molecule has 0 atom stereocenters. The van der Waals surface area contributed by atoms with Gasteiger partial charge in [0.1, 0.15) is 17.4 Å². The highest BCUT2D eigenvalue weighted by Crippen LogP contribution is 2.30. The van der Waals surface area contributed by atoms with Crippen LogP contribution in [0.4, 0.5) is 13.2 Å². The van der Waals surface area contributed by atoms with E-state index in [1.807, 2.05) is 0 Å². The van der Waals surface area contributed by atoms with Crippen LogP contribution >= 0.6 is 0 Å². The lowest BCUT2D eigenvalue weighted by Gasteiger charge is -2.13. The third-order valence-corrected chi connectivity index (χ3v) is 2.31. The monoisotopic (exact) mass is 273 g/mol. The molecule has 102 valence electrons. The molecule has 4 nitrogen and oxygen atoms in total. The Morgan fingerprint density at radius 2 is 2.05 bits per heavy atom. The Labute approximate surface area is 107 Å². The van der Waals surface area contributed by atoms with Crippen molar-refractivity contribution in [2.75, 3.05) is 7.11 Å². The number of aryl methyl sites for hydroxylation is 1. The number of carbonyl (C=O) groups excluding carboxylic acids is 1. The first-order valence-corrected chi connectivity index (χ1v) is 5.23. The number of alkyl halides is 3. The minimum absolute atomic E-state index is 0.247. The SMILES string of the molecule is CCc1cc(OC(F)(F)F)c(C#N)c(C(=O)OC)c1. The van der Waals surface area contributed by atoms with E-state index in [1.54, 1.807) is 6.92 Å². The molecule has 0 aliphatic heterocycles.